The standard InChI is InChI=1S/C29H26N6O2.C27H24N8O2.C26H24N6O2/c1-18(2)14-15-21-10-8-13-23-25(21)29(37)35(22-11-6-5-7-12-22)26(32-23)20(4)31-28(36)24-19(3)33-34-17-9-16-30-27(24)34;1-16-22(25-29-12-5-13-34(25)32-16)26(36)30-17(2)24-31-21-7-4-6-18(8-9-20-14-28-15-33(20)3)23(21)27(37)35(24)19-10-11-19;1-15-21(24-27-13-4-14-31(24)30-15)25(33)28-16(2)23-29-20-6-3-5-18(10-9-17-7-8-17)22(20)26(34)32(23)19-11-12-19/h5-13,16-18,20H,1-4H3,(H,31,36);4-7,12-15,17,19H,10-11H2,1-3H3,(H,30,36);3-6,13-14,16-17,19H,7-8,11-12H2,1-2H3,(H,28,33)/t20-;17-;16-/m000/s1. The topological polar surface area (TPSA) is 300 Å². The summed E-state index contributed by atoms with van der Waals surface area (Å²) < 4.78 is 11.6. The molecule has 3 saturated carbocycles. The summed E-state index contributed by atoms with van der Waals surface area (Å²) in [5.41, 5.74) is 8.95. The van der Waals surface area contributed by atoms with Gasteiger partial charge in [0.25, 0.3) is 34.4 Å². The molecule has 0 aliphatic heterocycles. The average molecular weight is 1440 g/mol. The summed E-state index contributed by atoms with van der Waals surface area (Å²) in [5.74, 6) is 20.1. The third-order valence-corrected chi connectivity index (χ3v) is 18.9. The van der Waals surface area contributed by atoms with Crippen molar-refractivity contribution in [2.75, 3.05) is 0 Å². The largest absolute Gasteiger partial charge is 0.342 e. The molecule has 0 spiro atoms. The maximum atomic E-state index is 14.0. The second kappa shape index (κ2) is 29.2. The van der Waals surface area contributed by atoms with Crippen molar-refractivity contribution >= 4 is 67.4 Å². The third-order valence-electron chi connectivity index (χ3n) is 18.9. The van der Waals surface area contributed by atoms with Gasteiger partial charge in [-0.3, -0.25) is 42.5 Å². The molecule has 3 atom stereocenters. The summed E-state index contributed by atoms with van der Waals surface area (Å²) in [5, 5.41) is 23.7. The van der Waals surface area contributed by atoms with Gasteiger partial charge in [0, 0.05) is 84.8 Å². The molecule has 14 aromatic rings. The van der Waals surface area contributed by atoms with Crippen molar-refractivity contribution in [3.63, 3.8) is 0 Å². The van der Waals surface area contributed by atoms with Crippen LogP contribution in [-0.4, -0.2) is 99.7 Å². The van der Waals surface area contributed by atoms with Gasteiger partial charge in [-0.1, -0.05) is 79.8 Å². The number of nitrogens with zero attached hydrogens (tertiary/aromatic N) is 17. The van der Waals surface area contributed by atoms with Crippen molar-refractivity contribution in [3.8, 4) is 41.2 Å². The fraction of sp³-hybridized carbons (Fsp3) is 0.268. The first-order chi connectivity index (χ1) is 52.3. The van der Waals surface area contributed by atoms with Crippen LogP contribution in [0.3, 0.4) is 0 Å². The van der Waals surface area contributed by atoms with Crippen LogP contribution in [0.5, 0.6) is 0 Å². The van der Waals surface area contributed by atoms with E-state index in [2.05, 4.69) is 86.7 Å². The van der Waals surface area contributed by atoms with E-state index >= 15 is 0 Å². The second-order valence-electron chi connectivity index (χ2n) is 27.5. The number of rotatable bonds is 12. The van der Waals surface area contributed by atoms with E-state index in [4.69, 9.17) is 15.0 Å². The van der Waals surface area contributed by atoms with E-state index in [1.54, 1.807) is 128 Å². The van der Waals surface area contributed by atoms with Gasteiger partial charge in [-0.15, -0.1) is 0 Å². The Balaban J connectivity index is 0.000000129. The molecule has 108 heavy (non-hydrogen) atoms. The summed E-state index contributed by atoms with van der Waals surface area (Å²) >= 11 is 0. The molecule has 10 heterocycles. The Morgan fingerprint density at radius 1 is 0.472 bits per heavy atom. The molecule has 3 N–H and O–H groups in total. The Labute approximate surface area is 618 Å². The van der Waals surface area contributed by atoms with Gasteiger partial charge in [-0.05, 0) is 153 Å². The molecule has 26 heteroatoms. The Bertz CT molecular complexity index is 6370. The van der Waals surface area contributed by atoms with Gasteiger partial charge in [-0.2, -0.15) is 15.3 Å². The molecule has 26 nitrogen and oxygen atoms in total. The Kier molecular flexibility index (Phi) is 19.0. The first kappa shape index (κ1) is 70.1. The molecule has 3 aliphatic rings. The number of carbonyl (C=O) groups excluding carboxylic acids is 3. The average Bonchev–Trinajstić information content (AvgIpc) is 1.07. The fourth-order valence-corrected chi connectivity index (χ4v) is 13.2. The Morgan fingerprint density at radius 3 is 1.31 bits per heavy atom. The normalized spacial score (nSPS) is 14.0. The minimum Gasteiger partial charge on any atom is -0.342 e. The van der Waals surface area contributed by atoms with E-state index in [0.717, 1.165) is 49.8 Å². The predicted molar refractivity (Wildman–Crippen MR) is 407 cm³/mol. The lowest BCUT2D eigenvalue weighted by molar-refractivity contribution is 0.0929. The zero-order chi connectivity index (χ0) is 75.2. The maximum absolute atomic E-state index is 14.0. The van der Waals surface area contributed by atoms with Gasteiger partial charge in [0.15, 0.2) is 16.9 Å². The van der Waals surface area contributed by atoms with Gasteiger partial charge in [0.2, 0.25) is 0 Å². The smallest absolute Gasteiger partial charge is 0.267 e. The lowest BCUT2D eigenvalue weighted by Gasteiger charge is -2.20. The molecule has 17 rings (SSSR count). The van der Waals surface area contributed by atoms with E-state index < -0.39 is 18.1 Å². The lowest BCUT2D eigenvalue weighted by atomic mass is 10.1. The Hall–Kier alpha value is -13.5. The maximum Gasteiger partial charge on any atom is 0.267 e. The molecule has 0 radical (unpaired) electrons. The van der Waals surface area contributed by atoms with Crippen LogP contribution in [0.25, 0.3) is 55.3 Å². The van der Waals surface area contributed by atoms with Crippen molar-refractivity contribution < 1.29 is 14.4 Å². The number of nitrogens with one attached hydrogen (secondary N) is 3. The summed E-state index contributed by atoms with van der Waals surface area (Å²) in [6.45, 7) is 14.8. The number of hydrogen-bond acceptors (Lipinski definition) is 16. The van der Waals surface area contributed by atoms with Gasteiger partial charge in [0.05, 0.1) is 86.1 Å². The van der Waals surface area contributed by atoms with E-state index in [9.17, 15) is 28.8 Å². The summed E-state index contributed by atoms with van der Waals surface area (Å²) in [7, 11) is 1.87. The molecule has 10 aromatic heterocycles. The quantitative estimate of drug-likeness (QED) is 0.0958. The van der Waals surface area contributed by atoms with Crippen LogP contribution in [-0.2, 0) is 7.05 Å². The number of aryl methyl sites for hydroxylation is 4. The molecular formula is C82H74N20O6. The Morgan fingerprint density at radius 2 is 0.889 bits per heavy atom. The summed E-state index contributed by atoms with van der Waals surface area (Å²) in [4.78, 5) is 113. The zero-order valence-electron chi connectivity index (χ0n) is 60.8. The molecular weight excluding hydrogens is 1360 g/mol. The van der Waals surface area contributed by atoms with Crippen molar-refractivity contribution in [2.45, 2.75) is 124 Å². The van der Waals surface area contributed by atoms with Gasteiger partial charge < -0.3 is 20.5 Å². The SMILES string of the molecule is Cc1nn2cccnc2c1C(=O)N[C@@H](C)c1nc2cccc(C#CC(C)C)c2c(=O)n1-c1ccccc1.Cc1nn2cccnc2c1C(=O)N[C@@H](C)c1nc2cccc(C#CC3CC3)c2c(=O)n1C1CC1.Cc1nn2cccnc2c1C(=O)N[C@@H](C)c1nc2cccc(C#Cc3cncn3C)c2c(=O)n1C1CC1. The number of hydrogen-bond donors (Lipinski definition) is 3. The van der Waals surface area contributed by atoms with E-state index in [1.807, 2.05) is 119 Å². The highest BCUT2D eigenvalue weighted by Gasteiger charge is 2.34. The second-order valence-corrected chi connectivity index (χ2v) is 27.5. The highest BCUT2D eigenvalue weighted by Crippen LogP contribution is 2.38. The van der Waals surface area contributed by atoms with Crippen LogP contribution in [0.15, 0.2) is 167 Å². The highest BCUT2D eigenvalue weighted by atomic mass is 16.2. The highest BCUT2D eigenvalue weighted by molar-refractivity contribution is 6.03. The minimum absolute atomic E-state index is 0.0530. The first-order valence-corrected chi connectivity index (χ1v) is 35.8. The van der Waals surface area contributed by atoms with Crippen LogP contribution >= 0.6 is 0 Å². The number of amides is 3. The van der Waals surface area contributed by atoms with Crippen molar-refractivity contribution in [3.05, 3.63) is 258 Å². The van der Waals surface area contributed by atoms with Crippen LogP contribution in [0, 0.1) is 68.1 Å². The summed E-state index contributed by atoms with van der Waals surface area (Å²) in [6, 6.07) is 29.7. The molecule has 538 valence electrons. The summed E-state index contributed by atoms with van der Waals surface area (Å²) in [6.07, 6.45) is 19.4. The van der Waals surface area contributed by atoms with Gasteiger partial charge in [0.1, 0.15) is 39.9 Å². The van der Waals surface area contributed by atoms with E-state index in [-0.39, 0.29) is 52.4 Å². The van der Waals surface area contributed by atoms with Crippen molar-refractivity contribution in [2.24, 2.45) is 18.9 Å². The first-order valence-electron chi connectivity index (χ1n) is 35.8. The molecule has 0 saturated heterocycles. The van der Waals surface area contributed by atoms with Crippen LogP contribution < -0.4 is 32.6 Å². The van der Waals surface area contributed by atoms with Crippen molar-refractivity contribution in [1.82, 2.24) is 97.9 Å². The van der Waals surface area contributed by atoms with E-state index in [0.29, 0.717) is 124 Å². The van der Waals surface area contributed by atoms with Crippen molar-refractivity contribution in [1.29, 1.82) is 0 Å². The fourth-order valence-electron chi connectivity index (χ4n) is 13.2. The molecule has 3 amide bonds. The number of aromatic nitrogens is 17. The number of carbonyl (C=O) groups is 3. The van der Waals surface area contributed by atoms with E-state index in [1.165, 1.54) is 0 Å². The molecule has 4 aromatic carbocycles. The molecule has 0 bridgehead atoms. The predicted octanol–water partition coefficient (Wildman–Crippen LogP) is 10.3. The van der Waals surface area contributed by atoms with Gasteiger partial charge in [-0.25, -0.2) is 48.4 Å². The number of para-hydroxylation sites is 1. The monoisotopic (exact) mass is 1430 g/mol. The number of fused-ring (bicyclic) bond motifs is 6. The number of benzene rings is 4. The third kappa shape index (κ3) is 14.0. The number of imidazole rings is 1. The molecule has 3 fully saturated rings. The van der Waals surface area contributed by atoms with Crippen LogP contribution in [0.1, 0.15) is 191 Å². The molecule has 0 unspecified atom stereocenters. The minimum atomic E-state index is -0.603. The molecule has 3 aliphatic carbocycles. The zero-order valence-corrected chi connectivity index (χ0v) is 60.8. The van der Waals surface area contributed by atoms with Gasteiger partial charge >= 0.3 is 0 Å². The lowest BCUT2D eigenvalue weighted by Crippen LogP contribution is -2.34. The van der Waals surface area contributed by atoms with Crippen LogP contribution in [0.4, 0.5) is 0 Å². The van der Waals surface area contributed by atoms with Crippen LogP contribution in [0.2, 0.25) is 0 Å².